The van der Waals surface area contributed by atoms with Gasteiger partial charge >= 0.3 is 0 Å². The Morgan fingerprint density at radius 1 is 1.83 bits per heavy atom. The quantitative estimate of drug-likeness (QED) is 0.405. The minimum atomic E-state index is 0.0532. The monoisotopic (exact) mass is 182 g/mol. The van der Waals surface area contributed by atoms with E-state index in [0.29, 0.717) is 6.42 Å². The van der Waals surface area contributed by atoms with E-state index in [4.69, 9.17) is 5.84 Å². The lowest BCUT2D eigenvalue weighted by Gasteiger charge is -2.07. The summed E-state index contributed by atoms with van der Waals surface area (Å²) in [6.07, 6.45) is 2.39. The first-order valence-electron chi connectivity index (χ1n) is 3.51. The zero-order chi connectivity index (χ0) is 8.81. The fourth-order valence-electron chi connectivity index (χ4n) is 0.774. The molecule has 0 saturated carbocycles. The molecule has 64 valence electrons. The molecule has 3 N–H and O–H groups in total. The molecule has 4 nitrogen and oxygen atoms in total. The van der Waals surface area contributed by atoms with Crippen LogP contribution in [0, 0.1) is 11.8 Å². The molecule has 0 fully saturated rings. The number of nitrogens with one attached hydrogen (secondary N) is 1. The van der Waals surface area contributed by atoms with Crippen molar-refractivity contribution < 1.29 is 0 Å². The highest BCUT2D eigenvalue weighted by Gasteiger charge is 2.09. The maximum Gasteiger partial charge on any atom is 0.0694 e. The molecule has 1 unspecified atom stereocenters. The van der Waals surface area contributed by atoms with Crippen LogP contribution in [0.25, 0.3) is 0 Å². The molecule has 5 heteroatoms. The van der Waals surface area contributed by atoms with E-state index in [1.165, 1.54) is 11.5 Å². The van der Waals surface area contributed by atoms with Crippen molar-refractivity contribution in [1.29, 1.82) is 0 Å². The van der Waals surface area contributed by atoms with E-state index in [0.717, 1.165) is 4.88 Å². The predicted octanol–water partition coefficient (Wildman–Crippen LogP) is 0.456. The summed E-state index contributed by atoms with van der Waals surface area (Å²) >= 11 is 1.33. The Morgan fingerprint density at radius 2 is 2.67 bits per heavy atom. The van der Waals surface area contributed by atoms with Crippen molar-refractivity contribution in [2.45, 2.75) is 19.4 Å². The van der Waals surface area contributed by atoms with E-state index in [1.54, 1.807) is 13.1 Å². The lowest BCUT2D eigenvalue weighted by atomic mass is 10.2. The highest BCUT2D eigenvalue weighted by molar-refractivity contribution is 7.05. The largest absolute Gasteiger partial charge is 0.271 e. The second kappa shape index (κ2) is 4.83. The number of hydrogen-bond donors (Lipinski definition) is 2. The molecule has 0 aliphatic heterocycles. The Balaban J connectivity index is 2.61. The van der Waals surface area contributed by atoms with Crippen molar-refractivity contribution in [3.05, 3.63) is 11.1 Å². The second-order valence-electron chi connectivity index (χ2n) is 2.17. The van der Waals surface area contributed by atoms with E-state index in [-0.39, 0.29) is 6.04 Å². The summed E-state index contributed by atoms with van der Waals surface area (Å²) in [7, 11) is 0. The zero-order valence-corrected chi connectivity index (χ0v) is 7.56. The van der Waals surface area contributed by atoms with E-state index < -0.39 is 0 Å². The average molecular weight is 182 g/mol. The van der Waals surface area contributed by atoms with Gasteiger partial charge in [-0.05, 0) is 18.5 Å². The summed E-state index contributed by atoms with van der Waals surface area (Å²) in [5, 5.41) is 3.72. The van der Waals surface area contributed by atoms with E-state index in [9.17, 15) is 0 Å². The minimum Gasteiger partial charge on any atom is -0.271 e. The number of aromatic nitrogens is 2. The molecule has 0 saturated heterocycles. The fraction of sp³-hybridized carbons (Fsp3) is 0.429. The molecular formula is C7H10N4S. The third-order valence-corrected chi connectivity index (χ3v) is 2.18. The molecule has 0 aliphatic carbocycles. The van der Waals surface area contributed by atoms with Crippen LogP contribution in [-0.4, -0.2) is 9.59 Å². The highest BCUT2D eigenvalue weighted by atomic mass is 32.1. The first-order chi connectivity index (χ1) is 5.88. The first-order valence-corrected chi connectivity index (χ1v) is 4.28. The summed E-state index contributed by atoms with van der Waals surface area (Å²) in [6.45, 7) is 1.80. The molecule has 0 bridgehead atoms. The Bertz CT molecular complexity index is 271. The van der Waals surface area contributed by atoms with Gasteiger partial charge in [0.15, 0.2) is 0 Å². The third kappa shape index (κ3) is 2.27. The molecule has 1 rings (SSSR count). The van der Waals surface area contributed by atoms with Gasteiger partial charge in [0.25, 0.3) is 0 Å². The van der Waals surface area contributed by atoms with Gasteiger partial charge in [-0.2, -0.15) is 0 Å². The van der Waals surface area contributed by atoms with Crippen molar-refractivity contribution in [3.63, 3.8) is 0 Å². The Morgan fingerprint density at radius 3 is 3.17 bits per heavy atom. The number of hydrazine groups is 1. The van der Waals surface area contributed by atoms with Crippen LogP contribution in [0.5, 0.6) is 0 Å². The molecule has 0 radical (unpaired) electrons. The van der Waals surface area contributed by atoms with Crippen LogP contribution < -0.4 is 11.3 Å². The lowest BCUT2D eigenvalue weighted by Crippen LogP contribution is -2.27. The van der Waals surface area contributed by atoms with Crippen molar-refractivity contribution >= 4 is 11.5 Å². The Hall–Kier alpha value is -0.960. The van der Waals surface area contributed by atoms with Crippen LogP contribution in [0.2, 0.25) is 0 Å². The normalized spacial score (nSPS) is 11.8. The van der Waals surface area contributed by atoms with Gasteiger partial charge in [-0.3, -0.25) is 11.3 Å². The van der Waals surface area contributed by atoms with Crippen molar-refractivity contribution in [2.75, 3.05) is 0 Å². The molecule has 0 amide bonds. The summed E-state index contributed by atoms with van der Waals surface area (Å²) in [5.41, 5.74) is 2.67. The summed E-state index contributed by atoms with van der Waals surface area (Å²) in [4.78, 5) is 1.01. The summed E-state index contributed by atoms with van der Waals surface area (Å²) in [5.74, 6) is 11.1. The van der Waals surface area contributed by atoms with E-state index in [2.05, 4.69) is 26.9 Å². The van der Waals surface area contributed by atoms with Gasteiger partial charge in [0.2, 0.25) is 0 Å². The summed E-state index contributed by atoms with van der Waals surface area (Å²) in [6, 6.07) is 0.0532. The smallest absolute Gasteiger partial charge is 0.0694 e. The standard InChI is InChI=1S/C7H10N4S/c1-2-3-4-6(10-8)7-5-9-11-12-7/h5-6,10H,4,8H2,1H3. The third-order valence-electron chi connectivity index (χ3n) is 1.41. The van der Waals surface area contributed by atoms with Crippen LogP contribution in [0.3, 0.4) is 0 Å². The van der Waals surface area contributed by atoms with Crippen LogP contribution in [0.15, 0.2) is 6.20 Å². The molecule has 12 heavy (non-hydrogen) atoms. The molecule has 0 spiro atoms. The maximum absolute atomic E-state index is 5.34. The molecule has 0 aromatic carbocycles. The molecule has 1 aromatic heterocycles. The number of hydrogen-bond acceptors (Lipinski definition) is 5. The maximum atomic E-state index is 5.34. The van der Waals surface area contributed by atoms with Crippen LogP contribution in [0.4, 0.5) is 0 Å². The molecular weight excluding hydrogens is 172 g/mol. The first kappa shape index (κ1) is 9.13. The number of rotatable bonds is 3. The molecule has 1 aromatic rings. The van der Waals surface area contributed by atoms with Gasteiger partial charge in [-0.1, -0.05) is 4.49 Å². The predicted molar refractivity (Wildman–Crippen MR) is 48.0 cm³/mol. The van der Waals surface area contributed by atoms with Gasteiger partial charge in [0, 0.05) is 6.42 Å². The summed E-state index contributed by atoms with van der Waals surface area (Å²) < 4.78 is 3.75. The van der Waals surface area contributed by atoms with Gasteiger partial charge in [-0.15, -0.1) is 16.9 Å². The zero-order valence-electron chi connectivity index (χ0n) is 6.74. The molecule has 1 atom stereocenters. The molecule has 0 aliphatic rings. The van der Waals surface area contributed by atoms with Gasteiger partial charge in [0.05, 0.1) is 17.1 Å². The van der Waals surface area contributed by atoms with Gasteiger partial charge < -0.3 is 0 Å². The topological polar surface area (TPSA) is 63.8 Å². The minimum absolute atomic E-state index is 0.0532. The molecule has 1 heterocycles. The fourth-order valence-corrected chi connectivity index (χ4v) is 1.34. The van der Waals surface area contributed by atoms with E-state index in [1.807, 2.05) is 0 Å². The van der Waals surface area contributed by atoms with Crippen LogP contribution >= 0.6 is 11.5 Å². The lowest BCUT2D eigenvalue weighted by molar-refractivity contribution is 0.576. The van der Waals surface area contributed by atoms with Gasteiger partial charge in [-0.25, -0.2) is 0 Å². The second-order valence-corrected chi connectivity index (χ2v) is 2.99. The van der Waals surface area contributed by atoms with Crippen LogP contribution in [0.1, 0.15) is 24.3 Å². The Kier molecular flexibility index (Phi) is 3.67. The van der Waals surface area contributed by atoms with Crippen LogP contribution in [-0.2, 0) is 0 Å². The van der Waals surface area contributed by atoms with Crippen molar-refractivity contribution in [1.82, 2.24) is 15.0 Å². The SMILES string of the molecule is CC#CCC(NN)c1cnns1. The van der Waals surface area contributed by atoms with Crippen molar-refractivity contribution in [2.24, 2.45) is 5.84 Å². The van der Waals surface area contributed by atoms with Gasteiger partial charge in [0.1, 0.15) is 0 Å². The van der Waals surface area contributed by atoms with E-state index >= 15 is 0 Å². The number of nitrogens with two attached hydrogens (primary N) is 1. The highest BCUT2D eigenvalue weighted by Crippen LogP contribution is 2.16. The Labute approximate surface area is 75.3 Å². The van der Waals surface area contributed by atoms with Crippen molar-refractivity contribution in [3.8, 4) is 11.8 Å². The average Bonchev–Trinajstić information content (AvgIpc) is 2.59. The number of nitrogens with zero attached hydrogens (tertiary/aromatic N) is 2.